The lowest BCUT2D eigenvalue weighted by atomic mass is 10.2. The molecule has 142 valence electrons. The smallest absolute Gasteiger partial charge is 0.191 e. The second kappa shape index (κ2) is 10.7. The number of thiazole rings is 1. The summed E-state index contributed by atoms with van der Waals surface area (Å²) in [5, 5.41) is 10.2. The lowest BCUT2D eigenvalue weighted by Gasteiger charge is -2.20. The van der Waals surface area contributed by atoms with Gasteiger partial charge in [0.25, 0.3) is 0 Å². The Bertz CT molecular complexity index is 688. The topological polar surface area (TPSA) is 52.6 Å². The van der Waals surface area contributed by atoms with Crippen molar-refractivity contribution < 1.29 is 0 Å². The van der Waals surface area contributed by atoms with Gasteiger partial charge >= 0.3 is 0 Å². The molecule has 0 spiro atoms. The molecule has 2 heterocycles. The molecule has 0 bridgehead atoms. The first-order valence-corrected chi connectivity index (χ1v) is 9.88. The summed E-state index contributed by atoms with van der Waals surface area (Å²) in [7, 11) is 0. The van der Waals surface area contributed by atoms with Crippen molar-refractivity contribution >= 4 is 47.0 Å². The molecule has 1 unspecified atom stereocenters. The number of para-hydroxylation sites is 1. The van der Waals surface area contributed by atoms with E-state index in [1.807, 2.05) is 6.92 Å². The van der Waals surface area contributed by atoms with Crippen molar-refractivity contribution in [2.75, 3.05) is 31.1 Å². The number of nitrogens with one attached hydrogen (secondary N) is 2. The average molecular weight is 485 g/mol. The van der Waals surface area contributed by atoms with E-state index < -0.39 is 0 Å². The Kier molecular flexibility index (Phi) is 8.64. The van der Waals surface area contributed by atoms with Gasteiger partial charge in [-0.15, -0.1) is 35.3 Å². The maximum Gasteiger partial charge on any atom is 0.191 e. The highest BCUT2D eigenvalue weighted by Crippen LogP contribution is 2.19. The molecule has 1 aliphatic heterocycles. The van der Waals surface area contributed by atoms with E-state index in [1.165, 1.54) is 5.69 Å². The molecule has 1 aromatic carbocycles. The summed E-state index contributed by atoms with van der Waals surface area (Å²) in [6.45, 7) is 7.87. The predicted octanol–water partition coefficient (Wildman–Crippen LogP) is 3.45. The van der Waals surface area contributed by atoms with Crippen LogP contribution in [-0.4, -0.2) is 43.2 Å². The molecule has 0 radical (unpaired) electrons. The van der Waals surface area contributed by atoms with Gasteiger partial charge in [0, 0.05) is 49.7 Å². The molecule has 2 N–H and O–H groups in total. The minimum atomic E-state index is 0. The first-order valence-electron chi connectivity index (χ1n) is 9.00. The highest BCUT2D eigenvalue weighted by atomic mass is 127. The summed E-state index contributed by atoms with van der Waals surface area (Å²) in [4.78, 5) is 11.7. The van der Waals surface area contributed by atoms with E-state index >= 15 is 0 Å². The van der Waals surface area contributed by atoms with Crippen LogP contribution in [0.15, 0.2) is 40.7 Å². The maximum atomic E-state index is 4.72. The van der Waals surface area contributed by atoms with Crippen LogP contribution in [0.2, 0.25) is 0 Å². The summed E-state index contributed by atoms with van der Waals surface area (Å²) in [6.07, 6.45) is 2.02. The van der Waals surface area contributed by atoms with Crippen molar-refractivity contribution in [1.29, 1.82) is 0 Å². The van der Waals surface area contributed by atoms with Crippen molar-refractivity contribution in [2.45, 2.75) is 32.7 Å². The zero-order valence-corrected chi connectivity index (χ0v) is 18.6. The zero-order valence-electron chi connectivity index (χ0n) is 15.4. The highest BCUT2D eigenvalue weighted by Gasteiger charge is 2.23. The molecule has 1 aromatic heterocycles. The third-order valence-electron chi connectivity index (χ3n) is 4.30. The first-order chi connectivity index (χ1) is 12.2. The van der Waals surface area contributed by atoms with Gasteiger partial charge < -0.3 is 15.5 Å². The number of benzene rings is 1. The number of hydrogen-bond acceptors (Lipinski definition) is 4. The van der Waals surface area contributed by atoms with Crippen LogP contribution in [0.1, 0.15) is 24.0 Å². The van der Waals surface area contributed by atoms with Crippen molar-refractivity contribution in [1.82, 2.24) is 15.6 Å². The van der Waals surface area contributed by atoms with Gasteiger partial charge in [-0.3, -0.25) is 4.99 Å². The number of hydrogen-bond donors (Lipinski definition) is 2. The highest BCUT2D eigenvalue weighted by molar-refractivity contribution is 14.0. The Labute approximate surface area is 177 Å². The number of aliphatic imine (C=N–C) groups is 1. The molecule has 1 aliphatic rings. The van der Waals surface area contributed by atoms with Gasteiger partial charge in [0.1, 0.15) is 0 Å². The van der Waals surface area contributed by atoms with E-state index in [1.54, 1.807) is 11.3 Å². The molecule has 2 aromatic rings. The van der Waals surface area contributed by atoms with Crippen LogP contribution in [0.4, 0.5) is 5.69 Å². The number of rotatable bonds is 6. The third kappa shape index (κ3) is 6.12. The average Bonchev–Trinajstić information content (AvgIpc) is 3.25. The van der Waals surface area contributed by atoms with Crippen molar-refractivity contribution in [3.63, 3.8) is 0 Å². The number of halogens is 1. The van der Waals surface area contributed by atoms with Crippen molar-refractivity contribution in [3.05, 3.63) is 46.4 Å². The Morgan fingerprint density at radius 3 is 2.85 bits per heavy atom. The van der Waals surface area contributed by atoms with Crippen molar-refractivity contribution in [3.8, 4) is 0 Å². The quantitative estimate of drug-likeness (QED) is 0.374. The van der Waals surface area contributed by atoms with Crippen LogP contribution < -0.4 is 15.5 Å². The lowest BCUT2D eigenvalue weighted by Crippen LogP contribution is -2.44. The van der Waals surface area contributed by atoms with Gasteiger partial charge in [-0.25, -0.2) is 4.98 Å². The molecular formula is C19H28IN5S. The number of nitrogens with zero attached hydrogens (tertiary/aromatic N) is 3. The van der Waals surface area contributed by atoms with Crippen LogP contribution in [0, 0.1) is 6.92 Å². The summed E-state index contributed by atoms with van der Waals surface area (Å²) < 4.78 is 0. The molecule has 0 saturated carbocycles. The van der Waals surface area contributed by atoms with Crippen LogP contribution in [0.25, 0.3) is 0 Å². The Balaban J connectivity index is 0.00000243. The SMILES string of the molecule is CCNC(=NCCc1csc(C)n1)NC1CCN(c2ccccc2)C1.I. The summed E-state index contributed by atoms with van der Waals surface area (Å²) >= 11 is 1.70. The molecule has 0 amide bonds. The Hall–Kier alpha value is -1.35. The largest absolute Gasteiger partial charge is 0.369 e. The van der Waals surface area contributed by atoms with E-state index in [4.69, 9.17) is 4.99 Å². The van der Waals surface area contributed by atoms with Crippen molar-refractivity contribution in [2.24, 2.45) is 4.99 Å². The third-order valence-corrected chi connectivity index (χ3v) is 5.12. The maximum absolute atomic E-state index is 4.72. The number of anilines is 1. The standard InChI is InChI=1S/C19H27N5S.HI/c1-3-20-19(21-11-9-17-14-25-15(2)22-17)23-16-10-12-24(13-16)18-7-5-4-6-8-18;/h4-8,14,16H,3,9-13H2,1-2H3,(H2,20,21,23);1H. The Morgan fingerprint density at radius 1 is 1.35 bits per heavy atom. The molecule has 1 atom stereocenters. The molecule has 26 heavy (non-hydrogen) atoms. The van der Waals surface area contributed by atoms with E-state index in [0.717, 1.165) is 55.7 Å². The predicted molar refractivity (Wildman–Crippen MR) is 122 cm³/mol. The van der Waals surface area contributed by atoms with Gasteiger partial charge in [-0.1, -0.05) is 18.2 Å². The van der Waals surface area contributed by atoms with Crippen LogP contribution >= 0.6 is 35.3 Å². The monoisotopic (exact) mass is 485 g/mol. The van der Waals surface area contributed by atoms with Crippen LogP contribution in [0.5, 0.6) is 0 Å². The molecule has 7 heteroatoms. The summed E-state index contributed by atoms with van der Waals surface area (Å²) in [5.74, 6) is 0.911. The molecule has 1 saturated heterocycles. The Morgan fingerprint density at radius 2 is 2.15 bits per heavy atom. The van der Waals surface area contributed by atoms with E-state index in [2.05, 4.69) is 63.2 Å². The van der Waals surface area contributed by atoms with Gasteiger partial charge in [0.2, 0.25) is 0 Å². The molecule has 3 rings (SSSR count). The van der Waals surface area contributed by atoms with Gasteiger partial charge in [0.05, 0.1) is 10.7 Å². The number of aryl methyl sites for hydroxylation is 1. The molecule has 0 aliphatic carbocycles. The summed E-state index contributed by atoms with van der Waals surface area (Å²) in [6, 6.07) is 11.0. The normalized spacial score (nSPS) is 17.1. The molecule has 1 fully saturated rings. The van der Waals surface area contributed by atoms with Crippen LogP contribution in [0.3, 0.4) is 0 Å². The fourth-order valence-corrected chi connectivity index (χ4v) is 3.72. The van der Waals surface area contributed by atoms with Gasteiger partial charge in [-0.05, 0) is 32.4 Å². The second-order valence-electron chi connectivity index (χ2n) is 6.28. The van der Waals surface area contributed by atoms with Crippen LogP contribution in [-0.2, 0) is 6.42 Å². The second-order valence-corrected chi connectivity index (χ2v) is 7.34. The zero-order chi connectivity index (χ0) is 17.5. The lowest BCUT2D eigenvalue weighted by molar-refractivity contribution is 0.649. The summed E-state index contributed by atoms with van der Waals surface area (Å²) in [5.41, 5.74) is 2.44. The minimum Gasteiger partial charge on any atom is -0.369 e. The first kappa shape index (κ1) is 21.0. The molecule has 5 nitrogen and oxygen atoms in total. The van der Waals surface area contributed by atoms with Gasteiger partial charge in [0.15, 0.2) is 5.96 Å². The fraction of sp³-hybridized carbons (Fsp3) is 0.474. The number of guanidine groups is 1. The number of aromatic nitrogens is 1. The van der Waals surface area contributed by atoms with E-state index in [0.29, 0.717) is 6.04 Å². The van der Waals surface area contributed by atoms with E-state index in [-0.39, 0.29) is 24.0 Å². The fourth-order valence-electron chi connectivity index (χ4n) is 3.07. The molecular weight excluding hydrogens is 457 g/mol. The van der Waals surface area contributed by atoms with Gasteiger partial charge in [-0.2, -0.15) is 0 Å². The van der Waals surface area contributed by atoms with E-state index in [9.17, 15) is 0 Å². The minimum absolute atomic E-state index is 0.